The number of aromatic nitrogens is 2. The van der Waals surface area contributed by atoms with Crippen molar-refractivity contribution in [2.45, 2.75) is 12.3 Å². The number of nitrogens with one attached hydrogen (secondary N) is 1. The molecule has 0 aromatic carbocycles. The van der Waals surface area contributed by atoms with E-state index in [4.69, 9.17) is 0 Å². The fourth-order valence-electron chi connectivity index (χ4n) is 1.37. The molecule has 1 atom stereocenters. The van der Waals surface area contributed by atoms with Gasteiger partial charge in [-0.3, -0.25) is 4.79 Å². The van der Waals surface area contributed by atoms with Crippen LogP contribution in [-0.2, 0) is 0 Å². The monoisotopic (exact) mass is 260 g/mol. The zero-order valence-corrected chi connectivity index (χ0v) is 9.32. The Morgan fingerprint density at radius 3 is 3.15 bits per heavy atom. The highest BCUT2D eigenvalue weighted by Crippen LogP contribution is 2.31. The van der Waals surface area contributed by atoms with Crippen LogP contribution < -0.4 is 5.56 Å². The Morgan fingerprint density at radius 1 is 1.69 bits per heavy atom. The van der Waals surface area contributed by atoms with Crippen molar-refractivity contribution in [3.8, 4) is 0 Å². The van der Waals surface area contributed by atoms with E-state index < -0.39 is 0 Å². The molecule has 1 saturated heterocycles. The summed E-state index contributed by atoms with van der Waals surface area (Å²) in [6.07, 6.45) is 1.16. The summed E-state index contributed by atoms with van der Waals surface area (Å²) in [5, 5.41) is 6.52. The molecular weight excluding hydrogens is 252 g/mol. The van der Waals surface area contributed by atoms with E-state index in [2.05, 4.69) is 26.1 Å². The van der Waals surface area contributed by atoms with E-state index in [9.17, 15) is 4.79 Å². The van der Waals surface area contributed by atoms with Crippen molar-refractivity contribution in [1.29, 1.82) is 0 Å². The molecule has 2 rings (SSSR count). The third-order valence-corrected chi connectivity index (χ3v) is 3.88. The second-order valence-corrected chi connectivity index (χ2v) is 5.03. The van der Waals surface area contributed by atoms with Crippen LogP contribution in [0.15, 0.2) is 15.3 Å². The number of rotatable bonds is 1. The summed E-state index contributed by atoms with van der Waals surface area (Å²) in [4.78, 5) is 11.0. The second-order valence-electron chi connectivity index (χ2n) is 3.03. The Labute approximate surface area is 88.4 Å². The Bertz CT molecular complexity index is 359. The van der Waals surface area contributed by atoms with Crippen molar-refractivity contribution in [3.63, 3.8) is 0 Å². The first-order valence-corrected chi connectivity index (χ1v) is 6.05. The van der Waals surface area contributed by atoms with E-state index in [0.29, 0.717) is 10.4 Å². The molecule has 13 heavy (non-hydrogen) atoms. The summed E-state index contributed by atoms with van der Waals surface area (Å²) in [5.41, 5.74) is 0.839. The first-order chi connectivity index (χ1) is 6.27. The number of thioether (sulfide) groups is 1. The third kappa shape index (κ3) is 1.96. The molecule has 0 amide bonds. The summed E-state index contributed by atoms with van der Waals surface area (Å²) in [5.74, 6) is 2.83. The zero-order valence-electron chi connectivity index (χ0n) is 6.92. The van der Waals surface area contributed by atoms with Gasteiger partial charge in [0.15, 0.2) is 0 Å². The average molecular weight is 261 g/mol. The first-order valence-electron chi connectivity index (χ1n) is 4.10. The summed E-state index contributed by atoms with van der Waals surface area (Å²) in [6.45, 7) is 0. The maximum absolute atomic E-state index is 11.0. The Balaban J connectivity index is 2.30. The van der Waals surface area contributed by atoms with Gasteiger partial charge < -0.3 is 0 Å². The van der Waals surface area contributed by atoms with Gasteiger partial charge in [-0.05, 0) is 34.2 Å². The van der Waals surface area contributed by atoms with Crippen LogP contribution in [0.25, 0.3) is 0 Å². The Hall–Kier alpha value is -0.290. The van der Waals surface area contributed by atoms with Crippen LogP contribution in [0.3, 0.4) is 0 Å². The highest BCUT2D eigenvalue weighted by Gasteiger charge is 2.19. The van der Waals surface area contributed by atoms with Gasteiger partial charge in [-0.1, -0.05) is 0 Å². The normalized spacial score (nSPS) is 22.1. The number of hydrogen-bond donors (Lipinski definition) is 1. The molecule has 70 valence electrons. The minimum atomic E-state index is -0.158. The van der Waals surface area contributed by atoms with Crippen LogP contribution in [0.2, 0.25) is 0 Å². The summed E-state index contributed by atoms with van der Waals surface area (Å²) < 4.78 is 0.578. The number of aromatic amines is 1. The first kappa shape index (κ1) is 9.27. The lowest BCUT2D eigenvalue weighted by Gasteiger charge is -2.05. The number of halogens is 1. The molecule has 0 spiro atoms. The smallest absolute Gasteiger partial charge is 0.267 e. The van der Waals surface area contributed by atoms with Crippen molar-refractivity contribution >= 4 is 27.7 Å². The van der Waals surface area contributed by atoms with Gasteiger partial charge in [0.2, 0.25) is 0 Å². The topological polar surface area (TPSA) is 45.8 Å². The molecule has 0 radical (unpaired) electrons. The van der Waals surface area contributed by atoms with Gasteiger partial charge in [-0.25, -0.2) is 5.10 Å². The maximum Gasteiger partial charge on any atom is 0.278 e. The van der Waals surface area contributed by atoms with E-state index in [1.807, 2.05) is 17.8 Å². The van der Waals surface area contributed by atoms with Crippen molar-refractivity contribution in [3.05, 3.63) is 26.6 Å². The van der Waals surface area contributed by atoms with Crippen LogP contribution in [0.4, 0.5) is 0 Å². The van der Waals surface area contributed by atoms with Crippen molar-refractivity contribution in [2.24, 2.45) is 0 Å². The molecule has 5 heteroatoms. The predicted molar refractivity (Wildman–Crippen MR) is 57.2 cm³/mol. The molecule has 1 aromatic heterocycles. The molecule has 1 N–H and O–H groups in total. The molecule has 1 aliphatic heterocycles. The summed E-state index contributed by atoms with van der Waals surface area (Å²) >= 11 is 5.14. The van der Waals surface area contributed by atoms with Gasteiger partial charge in [0.1, 0.15) is 0 Å². The zero-order chi connectivity index (χ0) is 9.26. The molecular formula is C8H9BrN2OS. The van der Waals surface area contributed by atoms with Gasteiger partial charge in [-0.2, -0.15) is 16.9 Å². The second kappa shape index (κ2) is 3.84. The third-order valence-electron chi connectivity index (χ3n) is 2.13. The fraction of sp³-hybridized carbons (Fsp3) is 0.500. The van der Waals surface area contributed by atoms with E-state index in [1.165, 1.54) is 5.75 Å². The van der Waals surface area contributed by atoms with Gasteiger partial charge in [-0.15, -0.1) is 0 Å². The molecule has 1 aromatic rings. The predicted octanol–water partition coefficient (Wildman–Crippen LogP) is 1.75. The van der Waals surface area contributed by atoms with Gasteiger partial charge in [0.25, 0.3) is 5.56 Å². The number of hydrogen-bond acceptors (Lipinski definition) is 3. The van der Waals surface area contributed by atoms with E-state index in [-0.39, 0.29) is 5.56 Å². The lowest BCUT2D eigenvalue weighted by molar-refractivity contribution is 0.722. The molecule has 0 aliphatic carbocycles. The van der Waals surface area contributed by atoms with E-state index in [0.717, 1.165) is 17.9 Å². The van der Waals surface area contributed by atoms with Crippen molar-refractivity contribution in [2.75, 3.05) is 11.5 Å². The quantitative estimate of drug-likeness (QED) is 0.837. The SMILES string of the molecule is O=c1[nH]nc(C2CCSC2)cc1Br. The molecule has 1 fully saturated rings. The largest absolute Gasteiger partial charge is 0.278 e. The molecule has 0 bridgehead atoms. The minimum Gasteiger partial charge on any atom is -0.267 e. The lowest BCUT2D eigenvalue weighted by atomic mass is 10.1. The van der Waals surface area contributed by atoms with Crippen LogP contribution in [0.1, 0.15) is 18.0 Å². The van der Waals surface area contributed by atoms with Gasteiger partial charge >= 0.3 is 0 Å². The van der Waals surface area contributed by atoms with Gasteiger partial charge in [0, 0.05) is 11.7 Å². The van der Waals surface area contributed by atoms with Crippen LogP contribution in [-0.4, -0.2) is 21.7 Å². The highest BCUT2D eigenvalue weighted by molar-refractivity contribution is 9.10. The Morgan fingerprint density at radius 2 is 2.54 bits per heavy atom. The highest BCUT2D eigenvalue weighted by atomic mass is 79.9. The van der Waals surface area contributed by atoms with Crippen molar-refractivity contribution < 1.29 is 0 Å². The molecule has 0 saturated carbocycles. The average Bonchev–Trinajstić information content (AvgIpc) is 2.62. The maximum atomic E-state index is 11.0. The van der Waals surface area contributed by atoms with Crippen LogP contribution >= 0.6 is 27.7 Å². The number of nitrogens with zero attached hydrogens (tertiary/aromatic N) is 1. The fourth-order valence-corrected chi connectivity index (χ4v) is 2.94. The molecule has 1 aliphatic rings. The summed E-state index contributed by atoms with van der Waals surface area (Å²) in [7, 11) is 0. The van der Waals surface area contributed by atoms with Crippen LogP contribution in [0.5, 0.6) is 0 Å². The van der Waals surface area contributed by atoms with E-state index in [1.54, 1.807) is 0 Å². The van der Waals surface area contributed by atoms with Crippen molar-refractivity contribution in [1.82, 2.24) is 10.2 Å². The van der Waals surface area contributed by atoms with Crippen LogP contribution in [0, 0.1) is 0 Å². The minimum absolute atomic E-state index is 0.158. The molecule has 1 unspecified atom stereocenters. The van der Waals surface area contributed by atoms with E-state index >= 15 is 0 Å². The lowest BCUT2D eigenvalue weighted by Crippen LogP contribution is -2.12. The number of H-pyrrole nitrogens is 1. The molecule has 3 nitrogen and oxygen atoms in total. The molecule has 2 heterocycles. The summed E-state index contributed by atoms with van der Waals surface area (Å²) in [6, 6.07) is 1.83. The standard InChI is InChI=1S/C8H9BrN2OS/c9-6-3-7(10-11-8(6)12)5-1-2-13-4-5/h3,5H,1-2,4H2,(H,11,12). The van der Waals surface area contributed by atoms with Gasteiger partial charge in [0.05, 0.1) is 10.2 Å². The Kier molecular flexibility index (Phi) is 2.74.